The van der Waals surface area contributed by atoms with Crippen molar-refractivity contribution in [1.82, 2.24) is 10.3 Å². The molecule has 4 rings (SSSR count). The van der Waals surface area contributed by atoms with Crippen molar-refractivity contribution >= 4 is 34.1 Å². The summed E-state index contributed by atoms with van der Waals surface area (Å²) in [7, 11) is -2.69. The first-order chi connectivity index (χ1) is 15.7. The minimum absolute atomic E-state index is 0. The van der Waals surface area contributed by atoms with Gasteiger partial charge in [0.2, 0.25) is 0 Å². The molecule has 0 radical (unpaired) electrons. The number of aryl methyl sites for hydroxylation is 1. The summed E-state index contributed by atoms with van der Waals surface area (Å²) in [5, 5.41) is 3.45. The normalized spacial score (nSPS) is 18.3. The molecule has 8 nitrogen and oxygen atoms in total. The fraction of sp³-hybridized carbons (Fsp3) is 0.348. The summed E-state index contributed by atoms with van der Waals surface area (Å²) >= 11 is 0. The fourth-order valence-corrected chi connectivity index (χ4v) is 5.02. The third-order valence-corrected chi connectivity index (χ3v) is 6.77. The molecular formula is C23H28ClFN4O4S. The van der Waals surface area contributed by atoms with Gasteiger partial charge in [0, 0.05) is 25.2 Å². The molecule has 0 bridgehead atoms. The predicted octanol–water partition coefficient (Wildman–Crippen LogP) is 4.21. The first-order valence-corrected chi connectivity index (χ1v) is 12.1. The fourth-order valence-electron chi connectivity index (χ4n) is 3.99. The molecule has 0 aliphatic carbocycles. The Morgan fingerprint density at radius 3 is 2.44 bits per heavy atom. The standard InChI is InChI=1S/C23H27FN4O4S.ClH/c1-14-12-28(13-15(2)25-14)22-10-9-21(31-4)23(26-22)27-33(29,30)17-6-7-18(19(24)11-17)20-8-5-16(3)32-20;/h5-11,14-15,25H,12-13H2,1-4H3,(H,26,27);1H. The number of pyridine rings is 1. The van der Waals surface area contributed by atoms with Crippen LogP contribution >= 0.6 is 12.4 Å². The average Bonchev–Trinajstić information content (AvgIpc) is 3.18. The van der Waals surface area contributed by atoms with Crippen molar-refractivity contribution in [3.63, 3.8) is 0 Å². The molecule has 0 spiro atoms. The molecule has 1 fully saturated rings. The van der Waals surface area contributed by atoms with Crippen LogP contribution in [0.25, 0.3) is 11.3 Å². The Bertz CT molecular complexity index is 1260. The van der Waals surface area contributed by atoms with Gasteiger partial charge in [0.05, 0.1) is 17.6 Å². The second-order valence-electron chi connectivity index (χ2n) is 8.25. The lowest BCUT2D eigenvalue weighted by Gasteiger charge is -2.37. The minimum Gasteiger partial charge on any atom is -0.493 e. The Morgan fingerprint density at radius 1 is 1.15 bits per heavy atom. The number of rotatable bonds is 6. The molecule has 1 aliphatic heterocycles. The number of nitrogens with one attached hydrogen (secondary N) is 2. The van der Waals surface area contributed by atoms with Crippen molar-refractivity contribution < 1.29 is 22.0 Å². The van der Waals surface area contributed by atoms with E-state index >= 15 is 0 Å². The van der Waals surface area contributed by atoms with Gasteiger partial charge in [0.25, 0.3) is 10.0 Å². The zero-order valence-electron chi connectivity index (χ0n) is 19.3. The molecule has 3 heterocycles. The Labute approximate surface area is 205 Å². The molecule has 2 N–H and O–H groups in total. The Morgan fingerprint density at radius 2 is 1.85 bits per heavy atom. The highest BCUT2D eigenvalue weighted by molar-refractivity contribution is 7.92. The van der Waals surface area contributed by atoms with Crippen molar-refractivity contribution in [2.45, 2.75) is 37.8 Å². The SMILES string of the molecule is COc1ccc(N2CC(C)NC(C)C2)nc1NS(=O)(=O)c1ccc(-c2ccc(C)o2)c(F)c1.Cl. The minimum atomic E-state index is -4.13. The number of piperazine rings is 1. The van der Waals surface area contributed by atoms with E-state index in [1.807, 2.05) is 0 Å². The second kappa shape index (κ2) is 10.2. The van der Waals surface area contributed by atoms with E-state index < -0.39 is 15.8 Å². The van der Waals surface area contributed by atoms with E-state index in [0.717, 1.165) is 19.2 Å². The van der Waals surface area contributed by atoms with Gasteiger partial charge in [-0.05, 0) is 63.2 Å². The van der Waals surface area contributed by atoms with E-state index in [0.29, 0.717) is 17.3 Å². The van der Waals surface area contributed by atoms with Crippen molar-refractivity contribution in [3.8, 4) is 17.1 Å². The lowest BCUT2D eigenvalue weighted by Crippen LogP contribution is -2.54. The van der Waals surface area contributed by atoms with Crippen LogP contribution in [-0.2, 0) is 10.0 Å². The zero-order chi connectivity index (χ0) is 23.8. The van der Waals surface area contributed by atoms with Gasteiger partial charge >= 0.3 is 0 Å². The molecule has 0 amide bonds. The maximum absolute atomic E-state index is 14.7. The highest BCUT2D eigenvalue weighted by Crippen LogP contribution is 2.31. The van der Waals surface area contributed by atoms with Gasteiger partial charge in [-0.3, -0.25) is 4.72 Å². The molecule has 1 saturated heterocycles. The van der Waals surface area contributed by atoms with Crippen LogP contribution in [0.4, 0.5) is 16.0 Å². The van der Waals surface area contributed by atoms with Gasteiger partial charge in [-0.15, -0.1) is 12.4 Å². The van der Waals surface area contributed by atoms with Crippen LogP contribution in [-0.4, -0.2) is 45.7 Å². The van der Waals surface area contributed by atoms with Crippen molar-refractivity contribution in [1.29, 1.82) is 0 Å². The molecule has 184 valence electrons. The van der Waals surface area contributed by atoms with E-state index in [2.05, 4.69) is 33.8 Å². The summed E-state index contributed by atoms with van der Waals surface area (Å²) in [4.78, 5) is 6.37. The number of aromatic nitrogens is 1. The summed E-state index contributed by atoms with van der Waals surface area (Å²) in [5.74, 6) is 1.20. The maximum atomic E-state index is 14.7. The van der Waals surface area contributed by atoms with Crippen molar-refractivity contribution in [2.24, 2.45) is 0 Å². The first kappa shape index (κ1) is 25.8. The largest absolute Gasteiger partial charge is 0.493 e. The van der Waals surface area contributed by atoms with Gasteiger partial charge in [0.15, 0.2) is 11.6 Å². The second-order valence-corrected chi connectivity index (χ2v) is 9.93. The molecule has 3 aromatic rings. The van der Waals surface area contributed by atoms with Crippen LogP contribution < -0.4 is 19.7 Å². The number of methoxy groups -OCH3 is 1. The van der Waals surface area contributed by atoms with Crippen LogP contribution in [0.1, 0.15) is 19.6 Å². The summed E-state index contributed by atoms with van der Waals surface area (Å²) in [5.41, 5.74) is 0.182. The Kier molecular flexibility index (Phi) is 7.74. The summed E-state index contributed by atoms with van der Waals surface area (Å²) < 4.78 is 54.0. The third kappa shape index (κ3) is 5.45. The van der Waals surface area contributed by atoms with Crippen LogP contribution in [0.15, 0.2) is 51.8 Å². The monoisotopic (exact) mass is 510 g/mol. The van der Waals surface area contributed by atoms with E-state index in [9.17, 15) is 12.8 Å². The average molecular weight is 511 g/mol. The molecule has 11 heteroatoms. The molecule has 0 saturated carbocycles. The Hall–Kier alpha value is -2.82. The number of hydrogen-bond acceptors (Lipinski definition) is 7. The molecule has 2 unspecified atom stereocenters. The van der Waals surface area contributed by atoms with Crippen LogP contribution in [0.2, 0.25) is 0 Å². The highest BCUT2D eigenvalue weighted by Gasteiger charge is 2.25. The van der Waals surface area contributed by atoms with E-state index in [4.69, 9.17) is 9.15 Å². The van der Waals surface area contributed by atoms with E-state index in [-0.39, 0.29) is 46.5 Å². The summed E-state index contributed by atoms with van der Waals surface area (Å²) in [6, 6.07) is 11.0. The third-order valence-electron chi connectivity index (χ3n) is 5.43. The van der Waals surface area contributed by atoms with Gasteiger partial charge < -0.3 is 19.4 Å². The smallest absolute Gasteiger partial charge is 0.263 e. The maximum Gasteiger partial charge on any atom is 0.263 e. The molecule has 2 atom stereocenters. The Balaban J connectivity index is 0.00000324. The lowest BCUT2D eigenvalue weighted by molar-refractivity contribution is 0.403. The van der Waals surface area contributed by atoms with Crippen LogP contribution in [0, 0.1) is 12.7 Å². The predicted molar refractivity (Wildman–Crippen MR) is 132 cm³/mol. The number of nitrogens with zero attached hydrogens (tertiary/aromatic N) is 2. The van der Waals surface area contributed by atoms with Gasteiger partial charge in [-0.2, -0.15) is 0 Å². The molecule has 2 aromatic heterocycles. The van der Waals surface area contributed by atoms with Crippen molar-refractivity contribution in [2.75, 3.05) is 29.8 Å². The van der Waals surface area contributed by atoms with Gasteiger partial charge in [0.1, 0.15) is 23.2 Å². The first-order valence-electron chi connectivity index (χ1n) is 10.6. The summed E-state index contributed by atoms with van der Waals surface area (Å²) in [6.07, 6.45) is 0. The lowest BCUT2D eigenvalue weighted by atomic mass is 10.1. The molecular weight excluding hydrogens is 483 g/mol. The quantitative estimate of drug-likeness (QED) is 0.512. The van der Waals surface area contributed by atoms with E-state index in [1.165, 1.54) is 19.2 Å². The zero-order valence-corrected chi connectivity index (χ0v) is 21.0. The molecule has 1 aromatic carbocycles. The van der Waals surface area contributed by atoms with Crippen LogP contribution in [0.3, 0.4) is 0 Å². The number of anilines is 2. The molecule has 1 aliphatic rings. The number of hydrogen-bond donors (Lipinski definition) is 2. The number of sulfonamides is 1. The molecule has 34 heavy (non-hydrogen) atoms. The number of ether oxygens (including phenoxy) is 1. The van der Waals surface area contributed by atoms with Crippen molar-refractivity contribution in [3.05, 3.63) is 54.0 Å². The van der Waals surface area contributed by atoms with Crippen LogP contribution in [0.5, 0.6) is 5.75 Å². The summed E-state index contributed by atoms with van der Waals surface area (Å²) in [6.45, 7) is 7.38. The van der Waals surface area contributed by atoms with Gasteiger partial charge in [-0.25, -0.2) is 17.8 Å². The number of benzene rings is 1. The highest BCUT2D eigenvalue weighted by atomic mass is 35.5. The topological polar surface area (TPSA) is 96.7 Å². The van der Waals surface area contributed by atoms with E-state index in [1.54, 1.807) is 31.2 Å². The van der Waals surface area contributed by atoms with Gasteiger partial charge in [-0.1, -0.05) is 0 Å². The number of halogens is 2. The number of furan rings is 1.